The highest BCUT2D eigenvalue weighted by molar-refractivity contribution is 9.10. The van der Waals surface area contributed by atoms with Gasteiger partial charge >= 0.3 is 5.97 Å². The Morgan fingerprint density at radius 2 is 2.11 bits per heavy atom. The van der Waals surface area contributed by atoms with Gasteiger partial charge in [0.2, 0.25) is 5.88 Å². The number of carbonyl (C=O) groups is 1. The SMILES string of the molecule is Cc1ccnc(OCc2ccccc2Br)c1C(=O)O. The molecule has 0 bridgehead atoms. The lowest BCUT2D eigenvalue weighted by Gasteiger charge is -2.10. The molecule has 1 N–H and O–H groups in total. The first-order chi connectivity index (χ1) is 9.09. The molecule has 1 aromatic heterocycles. The number of carboxylic acid groups (broad SMARTS) is 1. The highest BCUT2D eigenvalue weighted by Gasteiger charge is 2.16. The monoisotopic (exact) mass is 321 g/mol. The van der Waals surface area contributed by atoms with Crippen LogP contribution in [0.5, 0.6) is 5.88 Å². The lowest BCUT2D eigenvalue weighted by Crippen LogP contribution is -2.07. The summed E-state index contributed by atoms with van der Waals surface area (Å²) >= 11 is 3.42. The molecule has 0 spiro atoms. The summed E-state index contributed by atoms with van der Waals surface area (Å²) in [6.07, 6.45) is 1.54. The van der Waals surface area contributed by atoms with Crippen LogP contribution >= 0.6 is 15.9 Å². The van der Waals surface area contributed by atoms with Gasteiger partial charge in [-0.3, -0.25) is 0 Å². The summed E-state index contributed by atoms with van der Waals surface area (Å²) in [5.41, 5.74) is 1.67. The van der Waals surface area contributed by atoms with Gasteiger partial charge in [0.15, 0.2) is 0 Å². The molecule has 0 aliphatic carbocycles. The van der Waals surface area contributed by atoms with Crippen LogP contribution in [-0.4, -0.2) is 16.1 Å². The molecule has 0 unspecified atom stereocenters. The molecule has 0 atom stereocenters. The second-order valence-electron chi connectivity index (χ2n) is 3.99. The molecular weight excluding hydrogens is 310 g/mol. The van der Waals surface area contributed by atoms with Crippen LogP contribution in [0.1, 0.15) is 21.5 Å². The van der Waals surface area contributed by atoms with Crippen LogP contribution < -0.4 is 4.74 Å². The Bertz CT molecular complexity index is 613. The minimum atomic E-state index is -1.03. The fourth-order valence-electron chi connectivity index (χ4n) is 1.66. The van der Waals surface area contributed by atoms with Crippen LogP contribution in [0.2, 0.25) is 0 Å². The molecule has 1 aromatic carbocycles. The largest absolute Gasteiger partial charge is 0.477 e. The van der Waals surface area contributed by atoms with E-state index >= 15 is 0 Å². The Hall–Kier alpha value is -1.88. The minimum absolute atomic E-state index is 0.106. The lowest BCUT2D eigenvalue weighted by atomic mass is 10.1. The van der Waals surface area contributed by atoms with Crippen molar-refractivity contribution in [1.82, 2.24) is 4.98 Å². The fourth-order valence-corrected chi connectivity index (χ4v) is 2.06. The van der Waals surface area contributed by atoms with E-state index in [2.05, 4.69) is 20.9 Å². The van der Waals surface area contributed by atoms with Crippen molar-refractivity contribution in [3.63, 3.8) is 0 Å². The maximum absolute atomic E-state index is 11.2. The molecule has 2 aromatic rings. The zero-order valence-corrected chi connectivity index (χ0v) is 11.8. The number of aromatic nitrogens is 1. The van der Waals surface area contributed by atoms with E-state index in [0.29, 0.717) is 5.56 Å². The predicted octanol–water partition coefficient (Wildman–Crippen LogP) is 3.43. The fraction of sp³-hybridized carbons (Fsp3) is 0.143. The van der Waals surface area contributed by atoms with Gasteiger partial charge in [0, 0.05) is 16.2 Å². The third-order valence-electron chi connectivity index (χ3n) is 2.66. The standard InChI is InChI=1S/C14H12BrNO3/c1-9-6-7-16-13(12(9)14(17)18)19-8-10-4-2-3-5-11(10)15/h2-7H,8H2,1H3,(H,17,18). The maximum atomic E-state index is 11.2. The molecule has 19 heavy (non-hydrogen) atoms. The van der Waals surface area contributed by atoms with E-state index in [9.17, 15) is 4.79 Å². The van der Waals surface area contributed by atoms with Crippen LogP contribution in [0.3, 0.4) is 0 Å². The first-order valence-corrected chi connectivity index (χ1v) is 6.44. The number of aryl methyl sites for hydroxylation is 1. The van der Waals surface area contributed by atoms with Crippen molar-refractivity contribution in [2.24, 2.45) is 0 Å². The number of aromatic carboxylic acids is 1. The van der Waals surface area contributed by atoms with Crippen molar-refractivity contribution in [2.75, 3.05) is 0 Å². The van der Waals surface area contributed by atoms with Gasteiger partial charge in [-0.1, -0.05) is 34.1 Å². The molecule has 0 saturated carbocycles. The van der Waals surface area contributed by atoms with E-state index in [1.54, 1.807) is 13.0 Å². The van der Waals surface area contributed by atoms with Crippen molar-refractivity contribution in [1.29, 1.82) is 0 Å². The van der Waals surface area contributed by atoms with Crippen molar-refractivity contribution >= 4 is 21.9 Å². The third-order valence-corrected chi connectivity index (χ3v) is 3.43. The topological polar surface area (TPSA) is 59.4 Å². The second kappa shape index (κ2) is 5.84. The van der Waals surface area contributed by atoms with Gasteiger partial charge in [-0.05, 0) is 24.6 Å². The number of benzene rings is 1. The van der Waals surface area contributed by atoms with Crippen LogP contribution in [0.25, 0.3) is 0 Å². The number of nitrogens with zero attached hydrogens (tertiary/aromatic N) is 1. The Morgan fingerprint density at radius 3 is 2.79 bits per heavy atom. The van der Waals surface area contributed by atoms with E-state index in [0.717, 1.165) is 10.0 Å². The average molecular weight is 322 g/mol. The van der Waals surface area contributed by atoms with E-state index < -0.39 is 5.97 Å². The van der Waals surface area contributed by atoms with Crippen molar-refractivity contribution < 1.29 is 14.6 Å². The van der Waals surface area contributed by atoms with Crippen LogP contribution in [0.15, 0.2) is 41.0 Å². The number of halogens is 1. The highest BCUT2D eigenvalue weighted by Crippen LogP contribution is 2.22. The normalized spacial score (nSPS) is 10.2. The Morgan fingerprint density at radius 1 is 1.37 bits per heavy atom. The smallest absolute Gasteiger partial charge is 0.341 e. The Kier molecular flexibility index (Phi) is 4.16. The molecule has 0 amide bonds. The maximum Gasteiger partial charge on any atom is 0.341 e. The minimum Gasteiger partial charge on any atom is -0.477 e. The van der Waals surface area contributed by atoms with Gasteiger partial charge in [-0.2, -0.15) is 0 Å². The third kappa shape index (κ3) is 3.12. The molecule has 98 valence electrons. The summed E-state index contributed by atoms with van der Waals surface area (Å²) in [5.74, 6) is -0.893. The van der Waals surface area contributed by atoms with Crippen molar-refractivity contribution in [3.8, 4) is 5.88 Å². The number of hydrogen-bond donors (Lipinski definition) is 1. The highest BCUT2D eigenvalue weighted by atomic mass is 79.9. The Balaban J connectivity index is 2.23. The summed E-state index contributed by atoms with van der Waals surface area (Å²) < 4.78 is 6.44. The summed E-state index contributed by atoms with van der Waals surface area (Å²) in [5, 5.41) is 9.17. The zero-order chi connectivity index (χ0) is 13.8. The molecule has 5 heteroatoms. The average Bonchev–Trinajstić information content (AvgIpc) is 2.37. The lowest BCUT2D eigenvalue weighted by molar-refractivity contribution is 0.0689. The number of hydrogen-bond acceptors (Lipinski definition) is 3. The van der Waals surface area contributed by atoms with Gasteiger partial charge in [0.05, 0.1) is 0 Å². The first kappa shape index (κ1) is 13.5. The molecule has 4 nitrogen and oxygen atoms in total. The quantitative estimate of drug-likeness (QED) is 0.937. The summed E-state index contributed by atoms with van der Waals surface area (Å²) in [6.45, 7) is 1.98. The summed E-state index contributed by atoms with van der Waals surface area (Å²) in [7, 11) is 0. The summed E-state index contributed by atoms with van der Waals surface area (Å²) in [6, 6.07) is 9.25. The van der Waals surface area contributed by atoms with Crippen molar-refractivity contribution in [2.45, 2.75) is 13.5 Å². The van der Waals surface area contributed by atoms with Gasteiger partial charge < -0.3 is 9.84 Å². The predicted molar refractivity (Wildman–Crippen MR) is 74.4 cm³/mol. The number of carboxylic acids is 1. The molecule has 0 fully saturated rings. The van der Waals surface area contributed by atoms with E-state index in [4.69, 9.17) is 9.84 Å². The first-order valence-electron chi connectivity index (χ1n) is 5.64. The summed E-state index contributed by atoms with van der Waals surface area (Å²) in [4.78, 5) is 15.2. The molecule has 0 radical (unpaired) electrons. The van der Waals surface area contributed by atoms with E-state index in [1.165, 1.54) is 6.20 Å². The number of ether oxygens (including phenoxy) is 1. The molecule has 1 heterocycles. The Labute approximate surface area is 119 Å². The van der Waals surface area contributed by atoms with Gasteiger partial charge in [0.25, 0.3) is 0 Å². The van der Waals surface area contributed by atoms with Gasteiger partial charge in [0.1, 0.15) is 12.2 Å². The molecule has 0 aliphatic heterocycles. The number of rotatable bonds is 4. The van der Waals surface area contributed by atoms with E-state index in [1.807, 2.05) is 24.3 Å². The molecule has 0 aliphatic rings. The van der Waals surface area contributed by atoms with Crippen LogP contribution in [0, 0.1) is 6.92 Å². The molecule has 0 saturated heterocycles. The molecular formula is C14H12BrNO3. The molecule has 2 rings (SSSR count). The van der Waals surface area contributed by atoms with Crippen LogP contribution in [0.4, 0.5) is 0 Å². The number of pyridine rings is 1. The van der Waals surface area contributed by atoms with Gasteiger partial charge in [-0.15, -0.1) is 0 Å². The van der Waals surface area contributed by atoms with Crippen molar-refractivity contribution in [3.05, 3.63) is 57.7 Å². The van der Waals surface area contributed by atoms with E-state index in [-0.39, 0.29) is 18.1 Å². The van der Waals surface area contributed by atoms with Gasteiger partial charge in [-0.25, -0.2) is 9.78 Å². The zero-order valence-electron chi connectivity index (χ0n) is 10.3. The second-order valence-corrected chi connectivity index (χ2v) is 4.85. The van der Waals surface area contributed by atoms with Crippen LogP contribution in [-0.2, 0) is 6.61 Å².